The van der Waals surface area contributed by atoms with Crippen LogP contribution in [-0.4, -0.2) is 61.9 Å². The molecule has 2 heterocycles. The molecular weight excluding hydrogens is 428 g/mol. The number of hydrogen-bond donors (Lipinski definition) is 3. The van der Waals surface area contributed by atoms with Crippen molar-refractivity contribution in [1.29, 1.82) is 0 Å². The second-order valence-corrected chi connectivity index (χ2v) is 8.32. The lowest BCUT2D eigenvalue weighted by atomic mass is 10.1. The van der Waals surface area contributed by atoms with Crippen molar-refractivity contribution in [3.8, 4) is 0 Å². The molecule has 3 N–H and O–H groups in total. The summed E-state index contributed by atoms with van der Waals surface area (Å²) in [6.07, 6.45) is 9.38. The maximum atomic E-state index is 12.8. The second-order valence-electron chi connectivity index (χ2n) is 7.33. The number of H-pyrrole nitrogens is 2. The summed E-state index contributed by atoms with van der Waals surface area (Å²) < 4.78 is 4.84. The number of methoxy groups -OCH3 is 1. The molecule has 3 rings (SSSR count). The number of ether oxygens (including phenoxy) is 1. The lowest BCUT2D eigenvalue weighted by molar-refractivity contribution is -0.142. The van der Waals surface area contributed by atoms with Crippen LogP contribution in [0.25, 0.3) is 0 Å². The number of aromatic amines is 2. The standard InChI is InChI=1S/C22H28N6O3S/c1-31-22(30)20(6-7-32-2)27-21(29)17-5-3-4-16(8-17)11-28(12-18-9-23-14-25-18)13-19-10-24-15-26-19/h3-5,8-10,14-15,20H,6-7,11-13H2,1-2H3,(H,23,25)(H,24,26)(H,27,29). The first kappa shape index (κ1) is 23.6. The van der Waals surface area contributed by atoms with Gasteiger partial charge in [0.15, 0.2) is 0 Å². The average Bonchev–Trinajstić information content (AvgIpc) is 3.50. The highest BCUT2D eigenvalue weighted by atomic mass is 32.2. The van der Waals surface area contributed by atoms with Gasteiger partial charge in [0.1, 0.15) is 6.04 Å². The Morgan fingerprint density at radius 1 is 1.12 bits per heavy atom. The van der Waals surface area contributed by atoms with E-state index in [-0.39, 0.29) is 5.91 Å². The number of aromatic nitrogens is 4. The van der Waals surface area contributed by atoms with Crippen molar-refractivity contribution in [2.24, 2.45) is 0 Å². The molecule has 0 fully saturated rings. The summed E-state index contributed by atoms with van der Waals surface area (Å²) in [5.41, 5.74) is 3.47. The fourth-order valence-corrected chi connectivity index (χ4v) is 3.80. The van der Waals surface area contributed by atoms with E-state index in [9.17, 15) is 9.59 Å². The summed E-state index contributed by atoms with van der Waals surface area (Å²) in [4.78, 5) is 41.5. The Morgan fingerprint density at radius 2 is 1.81 bits per heavy atom. The molecule has 0 aliphatic heterocycles. The summed E-state index contributed by atoms with van der Waals surface area (Å²) in [7, 11) is 1.33. The second kappa shape index (κ2) is 12.1. The third-order valence-corrected chi connectivity index (χ3v) is 5.54. The first-order valence-electron chi connectivity index (χ1n) is 10.2. The zero-order valence-electron chi connectivity index (χ0n) is 18.2. The number of esters is 1. The van der Waals surface area contributed by atoms with Crippen LogP contribution in [0.5, 0.6) is 0 Å². The molecule has 10 heteroatoms. The van der Waals surface area contributed by atoms with Crippen molar-refractivity contribution in [3.05, 3.63) is 71.8 Å². The molecule has 32 heavy (non-hydrogen) atoms. The van der Waals surface area contributed by atoms with Crippen LogP contribution in [0, 0.1) is 0 Å². The van der Waals surface area contributed by atoms with E-state index in [0.29, 0.717) is 31.6 Å². The number of nitrogens with zero attached hydrogens (tertiary/aromatic N) is 3. The van der Waals surface area contributed by atoms with Crippen LogP contribution in [0.3, 0.4) is 0 Å². The SMILES string of the molecule is COC(=O)C(CCSC)NC(=O)c1cccc(CN(Cc2cnc[nH]2)Cc2cnc[nH]2)c1. The fourth-order valence-electron chi connectivity index (χ4n) is 3.33. The van der Waals surface area contributed by atoms with Gasteiger partial charge in [-0.25, -0.2) is 14.8 Å². The van der Waals surface area contributed by atoms with E-state index >= 15 is 0 Å². The molecule has 9 nitrogen and oxygen atoms in total. The molecule has 1 unspecified atom stereocenters. The molecule has 170 valence electrons. The largest absolute Gasteiger partial charge is 0.467 e. The minimum Gasteiger partial charge on any atom is -0.467 e. The molecule has 3 aromatic rings. The lowest BCUT2D eigenvalue weighted by Crippen LogP contribution is -2.42. The van der Waals surface area contributed by atoms with E-state index in [1.165, 1.54) is 7.11 Å². The van der Waals surface area contributed by atoms with Crippen molar-refractivity contribution < 1.29 is 14.3 Å². The molecule has 1 amide bonds. The zero-order chi connectivity index (χ0) is 22.8. The van der Waals surface area contributed by atoms with E-state index in [1.807, 2.05) is 24.5 Å². The third-order valence-electron chi connectivity index (χ3n) is 4.89. The Labute approximate surface area is 191 Å². The number of carbonyl (C=O) groups excluding carboxylic acids is 2. The number of benzene rings is 1. The molecule has 0 bridgehead atoms. The Hall–Kier alpha value is -3.11. The van der Waals surface area contributed by atoms with Crippen molar-refractivity contribution in [1.82, 2.24) is 30.2 Å². The predicted octanol–water partition coefficient (Wildman–Crippen LogP) is 2.36. The fraction of sp³-hybridized carbons (Fsp3) is 0.364. The average molecular weight is 457 g/mol. The third kappa shape index (κ3) is 6.96. The monoisotopic (exact) mass is 456 g/mol. The van der Waals surface area contributed by atoms with Gasteiger partial charge in [-0.2, -0.15) is 11.8 Å². The molecular formula is C22H28N6O3S. The zero-order valence-corrected chi connectivity index (χ0v) is 19.0. The van der Waals surface area contributed by atoms with Gasteiger partial charge in [-0.3, -0.25) is 9.69 Å². The van der Waals surface area contributed by atoms with Crippen LogP contribution in [0.4, 0.5) is 0 Å². The van der Waals surface area contributed by atoms with E-state index in [4.69, 9.17) is 4.74 Å². The first-order chi connectivity index (χ1) is 15.6. The van der Waals surface area contributed by atoms with Gasteiger partial charge < -0.3 is 20.0 Å². The molecule has 0 saturated heterocycles. The Kier molecular flexibility index (Phi) is 8.88. The van der Waals surface area contributed by atoms with Gasteiger partial charge >= 0.3 is 5.97 Å². The summed E-state index contributed by atoms with van der Waals surface area (Å²) in [5, 5.41) is 2.81. The predicted molar refractivity (Wildman–Crippen MR) is 123 cm³/mol. The van der Waals surface area contributed by atoms with Crippen molar-refractivity contribution in [3.63, 3.8) is 0 Å². The highest BCUT2D eigenvalue weighted by Gasteiger charge is 2.22. The summed E-state index contributed by atoms with van der Waals surface area (Å²) in [6, 6.07) is 6.76. The van der Waals surface area contributed by atoms with Crippen LogP contribution < -0.4 is 5.32 Å². The summed E-state index contributed by atoms with van der Waals surface area (Å²) >= 11 is 1.61. The quantitative estimate of drug-likeness (QED) is 0.358. The topological polar surface area (TPSA) is 116 Å². The van der Waals surface area contributed by atoms with E-state index in [2.05, 4.69) is 30.2 Å². The number of thioether (sulfide) groups is 1. The van der Waals surface area contributed by atoms with Crippen LogP contribution in [0.15, 0.2) is 49.3 Å². The number of carbonyl (C=O) groups is 2. The van der Waals surface area contributed by atoms with Crippen molar-refractivity contribution in [2.45, 2.75) is 32.1 Å². The molecule has 2 aromatic heterocycles. The Morgan fingerprint density at radius 3 is 2.38 bits per heavy atom. The van der Waals surface area contributed by atoms with Crippen LogP contribution in [0.2, 0.25) is 0 Å². The number of imidazole rings is 2. The minimum absolute atomic E-state index is 0.294. The maximum absolute atomic E-state index is 12.8. The number of nitrogens with one attached hydrogen (secondary N) is 3. The molecule has 0 aliphatic carbocycles. The van der Waals surface area contributed by atoms with Gasteiger partial charge in [0.05, 0.1) is 19.8 Å². The molecule has 0 radical (unpaired) electrons. The molecule has 0 spiro atoms. The maximum Gasteiger partial charge on any atom is 0.328 e. The Balaban J connectivity index is 1.70. The van der Waals surface area contributed by atoms with Crippen molar-refractivity contribution >= 4 is 23.6 Å². The number of amides is 1. The number of hydrogen-bond acceptors (Lipinski definition) is 7. The Bertz CT molecular complexity index is 941. The molecule has 0 saturated carbocycles. The van der Waals surface area contributed by atoms with E-state index in [0.717, 1.165) is 22.7 Å². The van der Waals surface area contributed by atoms with E-state index < -0.39 is 12.0 Å². The first-order valence-corrected chi connectivity index (χ1v) is 11.6. The van der Waals surface area contributed by atoms with Gasteiger partial charge in [0.25, 0.3) is 5.91 Å². The van der Waals surface area contributed by atoms with Crippen LogP contribution >= 0.6 is 11.8 Å². The van der Waals surface area contributed by atoms with Crippen molar-refractivity contribution in [2.75, 3.05) is 19.1 Å². The summed E-state index contributed by atoms with van der Waals surface area (Å²) in [6.45, 7) is 1.94. The minimum atomic E-state index is -0.666. The lowest BCUT2D eigenvalue weighted by Gasteiger charge is -2.21. The van der Waals surface area contributed by atoms with E-state index in [1.54, 1.807) is 42.9 Å². The van der Waals surface area contributed by atoms with Gasteiger partial charge in [0.2, 0.25) is 0 Å². The van der Waals surface area contributed by atoms with Gasteiger partial charge in [-0.15, -0.1) is 0 Å². The van der Waals surface area contributed by atoms with Gasteiger partial charge in [-0.1, -0.05) is 12.1 Å². The molecule has 0 aliphatic rings. The van der Waals surface area contributed by atoms with Gasteiger partial charge in [0, 0.05) is 49.0 Å². The molecule has 1 aromatic carbocycles. The smallest absolute Gasteiger partial charge is 0.328 e. The molecule has 1 atom stereocenters. The highest BCUT2D eigenvalue weighted by Crippen LogP contribution is 2.14. The van der Waals surface area contributed by atoms with Crippen LogP contribution in [0.1, 0.15) is 33.7 Å². The highest BCUT2D eigenvalue weighted by molar-refractivity contribution is 7.98. The summed E-state index contributed by atoms with van der Waals surface area (Å²) in [5.74, 6) is 0.0156. The number of rotatable bonds is 12. The normalized spacial score (nSPS) is 12.0. The van der Waals surface area contributed by atoms with Crippen LogP contribution in [-0.2, 0) is 29.2 Å². The van der Waals surface area contributed by atoms with Gasteiger partial charge in [-0.05, 0) is 36.1 Å².